The first-order valence-electron chi connectivity index (χ1n) is 3.81. The van der Waals surface area contributed by atoms with Crippen LogP contribution in [0, 0.1) is 6.92 Å². The van der Waals surface area contributed by atoms with Gasteiger partial charge in [-0.05, 0) is 13.0 Å². The standard InChI is InChI=1S/C8H10N4.2BrH/c1-6-2-3-12-5-7(4-9)11-8(12)10-6;;/h2-3,5H,4,9H2,1H3;2*1H. The van der Waals surface area contributed by atoms with Gasteiger partial charge in [-0.2, -0.15) is 0 Å². The quantitative estimate of drug-likeness (QED) is 0.868. The van der Waals surface area contributed by atoms with Crippen molar-refractivity contribution in [2.75, 3.05) is 0 Å². The first-order valence-corrected chi connectivity index (χ1v) is 3.81. The Balaban J connectivity index is 0.000000845. The molecule has 2 N–H and O–H groups in total. The number of hydrogen-bond acceptors (Lipinski definition) is 3. The fourth-order valence-electron chi connectivity index (χ4n) is 1.11. The van der Waals surface area contributed by atoms with Crippen LogP contribution in [0.3, 0.4) is 0 Å². The van der Waals surface area contributed by atoms with Gasteiger partial charge in [0.15, 0.2) is 0 Å². The predicted molar refractivity (Wildman–Crippen MR) is 66.3 cm³/mol. The van der Waals surface area contributed by atoms with Crippen molar-refractivity contribution in [3.8, 4) is 0 Å². The van der Waals surface area contributed by atoms with Crippen molar-refractivity contribution in [2.24, 2.45) is 5.73 Å². The average molecular weight is 324 g/mol. The minimum Gasteiger partial charge on any atom is -0.325 e. The number of fused-ring (bicyclic) bond motifs is 1. The lowest BCUT2D eigenvalue weighted by atomic mass is 10.5. The molecule has 0 aliphatic rings. The predicted octanol–water partition coefficient (Wildman–Crippen LogP) is 1.65. The van der Waals surface area contributed by atoms with E-state index in [9.17, 15) is 0 Å². The maximum Gasteiger partial charge on any atom is 0.234 e. The van der Waals surface area contributed by atoms with E-state index in [2.05, 4.69) is 9.97 Å². The molecule has 0 saturated heterocycles. The van der Waals surface area contributed by atoms with Gasteiger partial charge in [-0.3, -0.25) is 4.40 Å². The third kappa shape index (κ3) is 2.52. The van der Waals surface area contributed by atoms with Crippen molar-refractivity contribution >= 4 is 39.7 Å². The molecule has 14 heavy (non-hydrogen) atoms. The molecule has 2 aromatic heterocycles. The van der Waals surface area contributed by atoms with Crippen LogP contribution in [0.4, 0.5) is 0 Å². The van der Waals surface area contributed by atoms with Crippen LogP contribution in [0.15, 0.2) is 18.5 Å². The van der Waals surface area contributed by atoms with Crippen molar-refractivity contribution in [3.05, 3.63) is 29.8 Å². The first kappa shape index (κ1) is 13.5. The van der Waals surface area contributed by atoms with E-state index in [1.54, 1.807) is 0 Å². The van der Waals surface area contributed by atoms with Crippen LogP contribution in [-0.4, -0.2) is 14.4 Å². The molecule has 0 aromatic carbocycles. The number of halogens is 2. The molecule has 6 heteroatoms. The molecule has 0 amide bonds. The van der Waals surface area contributed by atoms with Gasteiger partial charge in [0.2, 0.25) is 5.78 Å². The van der Waals surface area contributed by atoms with Gasteiger partial charge < -0.3 is 5.73 Å². The smallest absolute Gasteiger partial charge is 0.234 e. The summed E-state index contributed by atoms with van der Waals surface area (Å²) < 4.78 is 1.87. The molecule has 0 atom stereocenters. The highest BCUT2D eigenvalue weighted by Gasteiger charge is 1.99. The van der Waals surface area contributed by atoms with Crippen molar-refractivity contribution in [1.29, 1.82) is 0 Å². The zero-order valence-corrected chi connectivity index (χ0v) is 11.1. The highest BCUT2D eigenvalue weighted by Crippen LogP contribution is 2.02. The van der Waals surface area contributed by atoms with Crippen LogP contribution in [0.1, 0.15) is 11.4 Å². The molecule has 0 unspecified atom stereocenters. The number of aryl methyl sites for hydroxylation is 1. The minimum atomic E-state index is 0. The number of aromatic nitrogens is 3. The zero-order chi connectivity index (χ0) is 8.55. The largest absolute Gasteiger partial charge is 0.325 e. The molecule has 0 bridgehead atoms. The van der Waals surface area contributed by atoms with Gasteiger partial charge >= 0.3 is 0 Å². The summed E-state index contributed by atoms with van der Waals surface area (Å²) in [5, 5.41) is 0. The van der Waals surface area contributed by atoms with Crippen LogP contribution in [0.5, 0.6) is 0 Å². The Morgan fingerprint density at radius 2 is 2.07 bits per heavy atom. The van der Waals surface area contributed by atoms with E-state index in [1.807, 2.05) is 29.8 Å². The molecule has 78 valence electrons. The van der Waals surface area contributed by atoms with E-state index < -0.39 is 0 Å². The van der Waals surface area contributed by atoms with Gasteiger partial charge in [-0.25, -0.2) is 9.97 Å². The maximum absolute atomic E-state index is 5.45. The second kappa shape index (κ2) is 5.43. The number of rotatable bonds is 1. The topological polar surface area (TPSA) is 56.2 Å². The molecule has 0 fully saturated rings. The van der Waals surface area contributed by atoms with Crippen molar-refractivity contribution in [2.45, 2.75) is 13.5 Å². The zero-order valence-electron chi connectivity index (χ0n) is 7.67. The van der Waals surface area contributed by atoms with E-state index in [0.29, 0.717) is 6.54 Å². The normalized spacial score (nSPS) is 9.29. The summed E-state index contributed by atoms with van der Waals surface area (Å²) in [6, 6.07) is 1.94. The van der Waals surface area contributed by atoms with Crippen LogP contribution < -0.4 is 5.73 Å². The summed E-state index contributed by atoms with van der Waals surface area (Å²) in [6.07, 6.45) is 3.82. The van der Waals surface area contributed by atoms with Gasteiger partial charge in [0.25, 0.3) is 0 Å². The van der Waals surface area contributed by atoms with E-state index in [1.165, 1.54) is 0 Å². The Bertz CT molecular complexity index is 413. The molecule has 0 saturated carbocycles. The average Bonchev–Trinajstić information content (AvgIpc) is 2.46. The number of nitrogens with two attached hydrogens (primary N) is 1. The Morgan fingerprint density at radius 1 is 1.36 bits per heavy atom. The van der Waals surface area contributed by atoms with E-state index >= 15 is 0 Å². The van der Waals surface area contributed by atoms with E-state index in [0.717, 1.165) is 17.2 Å². The summed E-state index contributed by atoms with van der Waals surface area (Å²) >= 11 is 0. The number of hydrogen-bond donors (Lipinski definition) is 1. The fourth-order valence-corrected chi connectivity index (χ4v) is 1.11. The molecule has 0 aliphatic carbocycles. The molecular formula is C8H12Br2N4. The van der Waals surface area contributed by atoms with Crippen LogP contribution in [-0.2, 0) is 6.54 Å². The Kier molecular flexibility index (Phi) is 5.25. The number of nitrogens with zero attached hydrogens (tertiary/aromatic N) is 3. The summed E-state index contributed by atoms with van der Waals surface area (Å²) in [5.74, 6) is 0.718. The monoisotopic (exact) mass is 322 g/mol. The third-order valence-corrected chi connectivity index (χ3v) is 1.72. The first-order chi connectivity index (χ1) is 5.79. The second-order valence-corrected chi connectivity index (χ2v) is 2.71. The minimum absolute atomic E-state index is 0. The Hall–Kier alpha value is -0.460. The number of imidazole rings is 1. The Morgan fingerprint density at radius 3 is 2.71 bits per heavy atom. The van der Waals surface area contributed by atoms with Crippen molar-refractivity contribution < 1.29 is 0 Å². The van der Waals surface area contributed by atoms with Gasteiger partial charge in [0.1, 0.15) is 0 Å². The van der Waals surface area contributed by atoms with Crippen LogP contribution >= 0.6 is 34.0 Å². The highest BCUT2D eigenvalue weighted by atomic mass is 79.9. The van der Waals surface area contributed by atoms with Crippen molar-refractivity contribution in [1.82, 2.24) is 14.4 Å². The third-order valence-electron chi connectivity index (χ3n) is 1.72. The van der Waals surface area contributed by atoms with Crippen LogP contribution in [0.2, 0.25) is 0 Å². The molecule has 0 aliphatic heterocycles. The molecule has 0 spiro atoms. The van der Waals surface area contributed by atoms with Crippen LogP contribution in [0.25, 0.3) is 5.78 Å². The summed E-state index contributed by atoms with van der Waals surface area (Å²) in [5.41, 5.74) is 7.29. The van der Waals surface area contributed by atoms with E-state index in [-0.39, 0.29) is 34.0 Å². The highest BCUT2D eigenvalue weighted by molar-refractivity contribution is 8.93. The fraction of sp³-hybridized carbons (Fsp3) is 0.250. The molecular weight excluding hydrogens is 312 g/mol. The SMILES string of the molecule is Br.Br.Cc1ccn2cc(CN)nc2n1. The maximum atomic E-state index is 5.45. The lowest BCUT2D eigenvalue weighted by Gasteiger charge is -1.91. The lowest BCUT2D eigenvalue weighted by molar-refractivity contribution is 1.01. The van der Waals surface area contributed by atoms with Gasteiger partial charge in [-0.1, -0.05) is 0 Å². The summed E-state index contributed by atoms with van der Waals surface area (Å²) in [4.78, 5) is 8.46. The van der Waals surface area contributed by atoms with Gasteiger partial charge in [0, 0.05) is 24.6 Å². The van der Waals surface area contributed by atoms with Gasteiger partial charge in [0.05, 0.1) is 5.69 Å². The summed E-state index contributed by atoms with van der Waals surface area (Å²) in [7, 11) is 0. The molecule has 2 aromatic rings. The second-order valence-electron chi connectivity index (χ2n) is 2.71. The molecule has 4 nitrogen and oxygen atoms in total. The molecule has 2 heterocycles. The van der Waals surface area contributed by atoms with Gasteiger partial charge in [-0.15, -0.1) is 34.0 Å². The summed E-state index contributed by atoms with van der Waals surface area (Å²) in [6.45, 7) is 2.40. The lowest BCUT2D eigenvalue weighted by Crippen LogP contribution is -1.95. The molecule has 2 rings (SSSR count). The molecule has 0 radical (unpaired) electrons. The Labute approximate surface area is 103 Å². The van der Waals surface area contributed by atoms with Crippen molar-refractivity contribution in [3.63, 3.8) is 0 Å². The van der Waals surface area contributed by atoms with E-state index in [4.69, 9.17) is 5.73 Å².